The summed E-state index contributed by atoms with van der Waals surface area (Å²) in [5, 5.41) is 37.6. The summed E-state index contributed by atoms with van der Waals surface area (Å²) in [5.41, 5.74) is 3.41. The Bertz CT molecular complexity index is 3190. The Balaban J connectivity index is 0.000000216. The van der Waals surface area contributed by atoms with E-state index in [1.165, 1.54) is 56.1 Å². The van der Waals surface area contributed by atoms with Crippen molar-refractivity contribution in [1.82, 2.24) is 20.2 Å². The van der Waals surface area contributed by atoms with E-state index in [1.807, 2.05) is 62.4 Å². The van der Waals surface area contributed by atoms with Crippen molar-refractivity contribution in [2.24, 2.45) is 5.10 Å². The number of carbonyl (C=O) groups is 2. The van der Waals surface area contributed by atoms with E-state index in [0.29, 0.717) is 28.3 Å². The van der Waals surface area contributed by atoms with Gasteiger partial charge in [-0.05, 0) is 121 Å². The van der Waals surface area contributed by atoms with Gasteiger partial charge in [-0.1, -0.05) is 84.9 Å². The zero-order chi connectivity index (χ0) is 53.5. The molecule has 2 amide bonds. The molecule has 0 spiro atoms. The molecule has 1 atom stereocenters. The molecule has 74 heavy (non-hydrogen) atoms. The molecule has 0 aliphatic carbocycles. The number of halogens is 8. The SMILES string of the molecule is CB(O)NCc1cccc(-n2nc(C(F)(F)F)cc2C(=O)Nc2ccc(-c3ccccc3C)cc2F)c1.CB(O)NCc1cccc(N2N=C(C(F)(F)F)CC2C(=O)Nc2ccc(-c3ccccc3C)cc2F)c1. The molecule has 7 aromatic rings. The number of alkyl halides is 6. The third kappa shape index (κ3) is 13.5. The topological polar surface area (TPSA) is 156 Å². The predicted octanol–water partition coefficient (Wildman–Crippen LogP) is 10.6. The van der Waals surface area contributed by atoms with E-state index < -0.39 is 79.5 Å². The normalized spacial score (nSPS) is 13.5. The first-order chi connectivity index (χ1) is 35.0. The van der Waals surface area contributed by atoms with Crippen LogP contribution >= 0.6 is 0 Å². The number of hydrogen-bond acceptors (Lipinski definition) is 9. The summed E-state index contributed by atoms with van der Waals surface area (Å²) in [6.45, 7) is 7.34. The number of nitrogens with one attached hydrogen (secondary N) is 4. The maximum absolute atomic E-state index is 14.9. The van der Waals surface area contributed by atoms with Gasteiger partial charge < -0.3 is 31.1 Å². The van der Waals surface area contributed by atoms with Gasteiger partial charge in [0, 0.05) is 25.6 Å². The van der Waals surface area contributed by atoms with Gasteiger partial charge in [-0.15, -0.1) is 0 Å². The fourth-order valence-corrected chi connectivity index (χ4v) is 7.90. The maximum Gasteiger partial charge on any atom is 0.435 e. The van der Waals surface area contributed by atoms with Crippen LogP contribution < -0.4 is 26.1 Å². The van der Waals surface area contributed by atoms with Crippen molar-refractivity contribution in [3.05, 3.63) is 185 Å². The Morgan fingerprint density at radius 1 is 0.635 bits per heavy atom. The highest BCUT2D eigenvalue weighted by Crippen LogP contribution is 2.35. The highest BCUT2D eigenvalue weighted by Gasteiger charge is 2.46. The lowest BCUT2D eigenvalue weighted by atomic mass is 9.88. The number of benzene rings is 6. The van der Waals surface area contributed by atoms with E-state index in [4.69, 9.17) is 0 Å². The number of aryl methyl sites for hydroxylation is 2. The lowest BCUT2D eigenvalue weighted by Gasteiger charge is -2.23. The molecule has 0 saturated heterocycles. The molecule has 0 fully saturated rings. The van der Waals surface area contributed by atoms with Crippen LogP contribution in [0.2, 0.25) is 13.6 Å². The van der Waals surface area contributed by atoms with E-state index in [9.17, 15) is 54.8 Å². The lowest BCUT2D eigenvalue weighted by molar-refractivity contribution is -0.141. The van der Waals surface area contributed by atoms with E-state index in [-0.39, 0.29) is 35.8 Å². The molecule has 382 valence electrons. The fourth-order valence-electron chi connectivity index (χ4n) is 7.90. The minimum atomic E-state index is -4.80. The van der Waals surface area contributed by atoms with Crippen LogP contribution in [0, 0.1) is 25.5 Å². The minimum absolute atomic E-state index is 0.141. The molecule has 8 rings (SSSR count). The number of anilines is 3. The molecule has 1 aromatic heterocycles. The molecule has 22 heteroatoms. The van der Waals surface area contributed by atoms with E-state index in [1.54, 1.807) is 42.5 Å². The Morgan fingerprint density at radius 3 is 1.62 bits per heavy atom. The summed E-state index contributed by atoms with van der Waals surface area (Å²) in [5.74, 6) is -3.22. The van der Waals surface area contributed by atoms with Crippen LogP contribution in [0.3, 0.4) is 0 Å². The molecule has 12 nitrogen and oxygen atoms in total. The quantitative estimate of drug-likeness (QED) is 0.0465. The van der Waals surface area contributed by atoms with Crippen LogP contribution in [0.15, 0.2) is 145 Å². The molecule has 1 aliphatic rings. The summed E-state index contributed by atoms with van der Waals surface area (Å²) in [7, 11) is -1.57. The predicted molar refractivity (Wildman–Crippen MR) is 270 cm³/mol. The first-order valence-electron chi connectivity index (χ1n) is 23.0. The molecule has 6 aromatic carbocycles. The Hall–Kier alpha value is -7.65. The van der Waals surface area contributed by atoms with Gasteiger partial charge in [-0.25, -0.2) is 13.5 Å². The van der Waals surface area contributed by atoms with Gasteiger partial charge in [0.05, 0.1) is 22.7 Å². The Labute approximate surface area is 421 Å². The molecule has 2 heterocycles. The van der Waals surface area contributed by atoms with Crippen molar-refractivity contribution < 1.29 is 54.8 Å². The molecule has 0 bridgehead atoms. The van der Waals surface area contributed by atoms with E-state index in [2.05, 4.69) is 31.3 Å². The molecule has 0 radical (unpaired) electrons. The highest BCUT2D eigenvalue weighted by molar-refractivity contribution is 6.45. The number of aromatic nitrogens is 2. The summed E-state index contributed by atoms with van der Waals surface area (Å²) in [6, 6.07) is 35.5. The average molecular weight is 1020 g/mol. The zero-order valence-electron chi connectivity index (χ0n) is 40.2. The molecule has 1 aliphatic heterocycles. The largest absolute Gasteiger partial charge is 0.437 e. The van der Waals surface area contributed by atoms with Crippen LogP contribution in [0.25, 0.3) is 27.9 Å². The van der Waals surface area contributed by atoms with Crippen molar-refractivity contribution in [3.63, 3.8) is 0 Å². The number of nitrogens with zero attached hydrogens (tertiary/aromatic N) is 4. The number of amides is 2. The van der Waals surface area contributed by atoms with Gasteiger partial charge in [0.2, 0.25) is 5.91 Å². The van der Waals surface area contributed by atoms with Gasteiger partial charge in [0.15, 0.2) is 5.69 Å². The maximum atomic E-state index is 14.9. The minimum Gasteiger partial charge on any atom is -0.437 e. The third-order valence-corrected chi connectivity index (χ3v) is 11.7. The first kappa shape index (κ1) is 54.1. The van der Waals surface area contributed by atoms with Crippen LogP contribution in [-0.4, -0.2) is 63.7 Å². The molecule has 0 saturated carbocycles. The van der Waals surface area contributed by atoms with Crippen LogP contribution in [-0.2, 0) is 24.1 Å². The van der Waals surface area contributed by atoms with Crippen molar-refractivity contribution in [3.8, 4) is 27.9 Å². The highest BCUT2D eigenvalue weighted by atomic mass is 19.4. The standard InChI is InChI=1S/C26H25BF4N4O2.C26H23BF4N4O2/c2*1-16-6-3-4-9-20(16)18-10-11-22(21(28)13-18)33-25(36)23-14-24(26(29,30)31)34-35(23)19-8-5-7-17(12-19)15-32-27(2)37/h3-13,23,32,37H,14-15H2,1-2H3,(H,33,36);3-14,32,37H,15H2,1-2H3,(H,33,36). The lowest BCUT2D eigenvalue weighted by Crippen LogP contribution is -2.39. The van der Waals surface area contributed by atoms with Crippen molar-refractivity contribution >= 4 is 48.7 Å². The van der Waals surface area contributed by atoms with Crippen molar-refractivity contribution in [2.75, 3.05) is 15.6 Å². The summed E-state index contributed by atoms with van der Waals surface area (Å²) in [4.78, 5) is 26.2. The average Bonchev–Trinajstić information content (AvgIpc) is 4.03. The summed E-state index contributed by atoms with van der Waals surface area (Å²) >= 11 is 0. The third-order valence-electron chi connectivity index (χ3n) is 11.7. The Morgan fingerprint density at radius 2 is 1.14 bits per heavy atom. The van der Waals surface area contributed by atoms with Crippen LogP contribution in [0.5, 0.6) is 0 Å². The van der Waals surface area contributed by atoms with E-state index >= 15 is 0 Å². The second kappa shape index (κ2) is 23.1. The molecular weight excluding hydrogens is 974 g/mol. The van der Waals surface area contributed by atoms with Gasteiger partial charge in [-0.3, -0.25) is 14.6 Å². The van der Waals surface area contributed by atoms with Gasteiger partial charge in [0.1, 0.15) is 29.1 Å². The van der Waals surface area contributed by atoms with Gasteiger partial charge in [0.25, 0.3) is 5.91 Å². The Kier molecular flexibility index (Phi) is 16.9. The number of hydrogen-bond donors (Lipinski definition) is 6. The smallest absolute Gasteiger partial charge is 0.435 e. The molecular formula is C52H48B2F8N8O4. The number of carbonyl (C=O) groups excluding carboxylic acids is 2. The first-order valence-corrected chi connectivity index (χ1v) is 23.0. The molecule has 6 N–H and O–H groups in total. The zero-order valence-corrected chi connectivity index (χ0v) is 40.2. The monoisotopic (exact) mass is 1020 g/mol. The molecule has 1 unspecified atom stereocenters. The summed E-state index contributed by atoms with van der Waals surface area (Å²) in [6.07, 6.45) is -10.2. The van der Waals surface area contributed by atoms with Gasteiger partial charge in [-0.2, -0.15) is 36.5 Å². The fraction of sp³-hybridized carbons (Fsp3) is 0.192. The number of hydrazone groups is 1. The number of rotatable bonds is 14. The summed E-state index contributed by atoms with van der Waals surface area (Å²) < 4.78 is 112. The second-order valence-electron chi connectivity index (χ2n) is 17.3. The van der Waals surface area contributed by atoms with Gasteiger partial charge >= 0.3 is 26.5 Å². The van der Waals surface area contributed by atoms with Crippen molar-refractivity contribution in [2.45, 2.75) is 65.4 Å². The van der Waals surface area contributed by atoms with Crippen LogP contribution in [0.1, 0.15) is 44.9 Å². The van der Waals surface area contributed by atoms with Crippen LogP contribution in [0.4, 0.5) is 52.2 Å². The van der Waals surface area contributed by atoms with E-state index in [0.717, 1.165) is 31.9 Å². The van der Waals surface area contributed by atoms with Crippen molar-refractivity contribution in [1.29, 1.82) is 0 Å². The second-order valence-corrected chi connectivity index (χ2v) is 17.3.